The van der Waals surface area contributed by atoms with E-state index in [9.17, 15) is 22.4 Å². The highest BCUT2D eigenvalue weighted by Crippen LogP contribution is 2.32. The molecule has 6 nitrogen and oxygen atoms in total. The Balaban J connectivity index is 2.52. The van der Waals surface area contributed by atoms with Crippen LogP contribution in [0.2, 0.25) is 0 Å². The van der Waals surface area contributed by atoms with Crippen LogP contribution >= 0.6 is 0 Å². The average molecular weight is 333 g/mol. The molecule has 10 heteroatoms. The minimum Gasteiger partial charge on any atom is -0.480 e. The summed E-state index contributed by atoms with van der Waals surface area (Å²) >= 11 is 0. The molecule has 1 aromatic carbocycles. The number of hydrogen-bond donors (Lipinski definition) is 1. The number of aromatic nitrogens is 3. The number of carboxylic acid groups (broad SMARTS) is 1. The monoisotopic (exact) mass is 333 g/mol. The Morgan fingerprint density at radius 3 is 2.52 bits per heavy atom. The van der Waals surface area contributed by atoms with Gasteiger partial charge in [0, 0.05) is 7.05 Å². The zero-order valence-electron chi connectivity index (χ0n) is 11.9. The van der Waals surface area contributed by atoms with Crippen LogP contribution in [0.5, 0.6) is 5.75 Å². The first kappa shape index (κ1) is 16.7. The fraction of sp³-hybridized carbons (Fsp3) is 0.308. The van der Waals surface area contributed by atoms with Crippen molar-refractivity contribution in [2.75, 3.05) is 0 Å². The van der Waals surface area contributed by atoms with Crippen molar-refractivity contribution in [3.63, 3.8) is 0 Å². The third kappa shape index (κ3) is 3.58. The summed E-state index contributed by atoms with van der Waals surface area (Å²) in [5.41, 5.74) is -0.988. The lowest BCUT2D eigenvalue weighted by molar-refractivity contribution is -0.189. The van der Waals surface area contributed by atoms with Gasteiger partial charge in [0.15, 0.2) is 11.9 Å². The molecule has 0 aliphatic carbocycles. The largest absolute Gasteiger partial charge is 0.480 e. The van der Waals surface area contributed by atoms with Crippen molar-refractivity contribution in [3.8, 4) is 17.1 Å². The van der Waals surface area contributed by atoms with Crippen molar-refractivity contribution in [2.24, 2.45) is 7.05 Å². The highest BCUT2D eigenvalue weighted by molar-refractivity contribution is 5.91. The van der Waals surface area contributed by atoms with Crippen molar-refractivity contribution in [1.82, 2.24) is 14.8 Å². The first-order valence-corrected chi connectivity index (χ1v) is 6.26. The number of rotatable bonds is 4. The third-order valence-electron chi connectivity index (χ3n) is 2.90. The van der Waals surface area contributed by atoms with Crippen LogP contribution in [0.1, 0.15) is 17.3 Å². The molecule has 0 bridgehead atoms. The molecule has 1 atom stereocenters. The van der Waals surface area contributed by atoms with Gasteiger partial charge < -0.3 is 9.84 Å². The maximum Gasteiger partial charge on any atom is 0.425 e. The molecule has 23 heavy (non-hydrogen) atoms. The Kier molecular flexibility index (Phi) is 4.26. The lowest BCUT2D eigenvalue weighted by Gasteiger charge is -2.19. The number of nitrogens with zero attached hydrogens (tertiary/aromatic N) is 3. The molecule has 0 aliphatic rings. The standard InChI is InChI=1S/C13H11F4N3O3/c1-6(13(15,16)17)23-10-4-7(11-18-5-20(2)19-11)9(14)3-8(10)12(21)22/h3-6H,1-2H3,(H,21,22). The minimum atomic E-state index is -4.70. The normalized spacial score (nSPS) is 13.0. The van der Waals surface area contributed by atoms with Crippen LogP contribution in [0.15, 0.2) is 18.5 Å². The van der Waals surface area contributed by atoms with E-state index in [1.54, 1.807) is 0 Å². The van der Waals surface area contributed by atoms with Gasteiger partial charge in [-0.15, -0.1) is 0 Å². The minimum absolute atomic E-state index is 0.105. The van der Waals surface area contributed by atoms with Crippen LogP contribution in [-0.4, -0.2) is 38.1 Å². The smallest absolute Gasteiger partial charge is 0.425 e. The molecule has 0 aliphatic heterocycles. The summed E-state index contributed by atoms with van der Waals surface area (Å²) in [7, 11) is 1.52. The summed E-state index contributed by atoms with van der Waals surface area (Å²) < 4.78 is 57.7. The first-order chi connectivity index (χ1) is 10.6. The van der Waals surface area contributed by atoms with Gasteiger partial charge in [0.1, 0.15) is 23.5 Å². The Labute approximate surface area is 127 Å². The molecule has 0 saturated carbocycles. The number of alkyl halides is 3. The van der Waals surface area contributed by atoms with E-state index >= 15 is 0 Å². The number of hydrogen-bond acceptors (Lipinski definition) is 4. The zero-order valence-corrected chi connectivity index (χ0v) is 11.9. The lowest BCUT2D eigenvalue weighted by Crippen LogP contribution is -2.31. The predicted molar refractivity (Wildman–Crippen MR) is 69.5 cm³/mol. The van der Waals surface area contributed by atoms with E-state index in [2.05, 4.69) is 14.8 Å². The predicted octanol–water partition coefficient (Wildman–Crippen LogP) is 2.65. The zero-order chi connectivity index (χ0) is 17.4. The van der Waals surface area contributed by atoms with E-state index in [1.807, 2.05) is 0 Å². The van der Waals surface area contributed by atoms with Gasteiger partial charge in [0.25, 0.3) is 0 Å². The number of aromatic carboxylic acids is 1. The fourth-order valence-electron chi connectivity index (χ4n) is 1.71. The molecule has 2 rings (SSSR count). The summed E-state index contributed by atoms with van der Waals surface area (Å²) in [6.07, 6.45) is -5.71. The number of halogens is 4. The Morgan fingerprint density at radius 2 is 2.04 bits per heavy atom. The summed E-state index contributed by atoms with van der Waals surface area (Å²) in [6, 6.07) is 1.42. The molecule has 2 aromatic rings. The van der Waals surface area contributed by atoms with Crippen molar-refractivity contribution >= 4 is 5.97 Å². The number of aryl methyl sites for hydroxylation is 1. The van der Waals surface area contributed by atoms with E-state index in [-0.39, 0.29) is 11.4 Å². The molecule has 0 spiro atoms. The van der Waals surface area contributed by atoms with E-state index < -0.39 is 35.4 Å². The molecule has 0 saturated heterocycles. The molecule has 1 unspecified atom stereocenters. The molecular formula is C13H11F4N3O3. The highest BCUT2D eigenvalue weighted by atomic mass is 19.4. The lowest BCUT2D eigenvalue weighted by atomic mass is 10.1. The van der Waals surface area contributed by atoms with Gasteiger partial charge in [0.05, 0.1) is 5.56 Å². The summed E-state index contributed by atoms with van der Waals surface area (Å²) in [6.45, 7) is 0.716. The molecule has 1 heterocycles. The van der Waals surface area contributed by atoms with Gasteiger partial charge in [0.2, 0.25) is 0 Å². The van der Waals surface area contributed by atoms with Crippen LogP contribution in [0.25, 0.3) is 11.4 Å². The first-order valence-electron chi connectivity index (χ1n) is 6.26. The number of carbonyl (C=O) groups is 1. The van der Waals surface area contributed by atoms with Crippen molar-refractivity contribution in [2.45, 2.75) is 19.2 Å². The fourth-order valence-corrected chi connectivity index (χ4v) is 1.71. The van der Waals surface area contributed by atoms with Crippen molar-refractivity contribution in [3.05, 3.63) is 29.8 Å². The van der Waals surface area contributed by atoms with Crippen LogP contribution < -0.4 is 4.74 Å². The number of ether oxygens (including phenoxy) is 1. The molecule has 0 amide bonds. The van der Waals surface area contributed by atoms with Gasteiger partial charge in [-0.1, -0.05) is 0 Å². The van der Waals surface area contributed by atoms with Crippen LogP contribution in [0, 0.1) is 5.82 Å². The van der Waals surface area contributed by atoms with Crippen LogP contribution in [-0.2, 0) is 7.05 Å². The summed E-state index contributed by atoms with van der Waals surface area (Å²) in [4.78, 5) is 14.9. The number of carboxylic acids is 1. The molecular weight excluding hydrogens is 322 g/mol. The summed E-state index contributed by atoms with van der Waals surface area (Å²) in [5, 5.41) is 12.8. The average Bonchev–Trinajstić information content (AvgIpc) is 2.85. The van der Waals surface area contributed by atoms with E-state index in [1.165, 1.54) is 18.1 Å². The second kappa shape index (κ2) is 5.86. The van der Waals surface area contributed by atoms with Gasteiger partial charge >= 0.3 is 12.1 Å². The molecule has 0 radical (unpaired) electrons. The topological polar surface area (TPSA) is 77.2 Å². The van der Waals surface area contributed by atoms with Crippen molar-refractivity contribution in [1.29, 1.82) is 0 Å². The van der Waals surface area contributed by atoms with Gasteiger partial charge in [-0.2, -0.15) is 18.3 Å². The Bertz CT molecular complexity index is 743. The third-order valence-corrected chi connectivity index (χ3v) is 2.90. The highest BCUT2D eigenvalue weighted by Gasteiger charge is 2.39. The molecule has 124 valence electrons. The van der Waals surface area contributed by atoms with Crippen LogP contribution in [0.4, 0.5) is 17.6 Å². The quantitative estimate of drug-likeness (QED) is 0.871. The Hall–Kier alpha value is -2.65. The second-order valence-electron chi connectivity index (χ2n) is 4.68. The Morgan fingerprint density at radius 1 is 1.39 bits per heavy atom. The van der Waals surface area contributed by atoms with E-state index in [4.69, 9.17) is 5.11 Å². The van der Waals surface area contributed by atoms with Crippen molar-refractivity contribution < 1.29 is 32.2 Å². The maximum atomic E-state index is 14.0. The molecule has 0 fully saturated rings. The van der Waals surface area contributed by atoms with Gasteiger partial charge in [-0.3, -0.25) is 4.68 Å². The van der Waals surface area contributed by atoms with Gasteiger partial charge in [-0.25, -0.2) is 14.2 Å². The van der Waals surface area contributed by atoms with E-state index in [0.717, 1.165) is 6.07 Å². The van der Waals surface area contributed by atoms with Crippen LogP contribution in [0.3, 0.4) is 0 Å². The summed E-state index contributed by atoms with van der Waals surface area (Å²) in [5.74, 6) is -3.33. The molecule has 1 aromatic heterocycles. The van der Waals surface area contributed by atoms with E-state index in [0.29, 0.717) is 13.0 Å². The maximum absolute atomic E-state index is 14.0. The SMILES string of the molecule is CC(Oc1cc(-c2ncn(C)n2)c(F)cc1C(=O)O)C(F)(F)F. The number of benzene rings is 1. The molecule has 1 N–H and O–H groups in total. The van der Waals surface area contributed by atoms with Gasteiger partial charge in [-0.05, 0) is 19.1 Å². The second-order valence-corrected chi connectivity index (χ2v) is 4.68.